The Morgan fingerprint density at radius 1 is 1.06 bits per heavy atom. The molecule has 1 aromatic carbocycles. The second-order valence-corrected chi connectivity index (χ2v) is 8.62. The Labute approximate surface area is 182 Å². The molecule has 2 aromatic heterocycles. The Bertz CT molecular complexity index is 1020. The van der Waals surface area contributed by atoms with E-state index < -0.39 is 11.7 Å². The van der Waals surface area contributed by atoms with E-state index in [-0.39, 0.29) is 5.69 Å². The largest absolute Gasteiger partial charge is 0.418 e. The summed E-state index contributed by atoms with van der Waals surface area (Å²) in [6.45, 7) is 5.95. The van der Waals surface area contributed by atoms with Crippen LogP contribution in [0.15, 0.2) is 33.9 Å². The quantitative estimate of drug-likeness (QED) is 0.482. The molecule has 4 rings (SSSR count). The second-order valence-electron chi connectivity index (χ2n) is 7.68. The number of likely N-dealkylation sites (tertiary alicyclic amines) is 1. The van der Waals surface area contributed by atoms with Crippen molar-refractivity contribution in [3.63, 3.8) is 0 Å². The zero-order valence-corrected chi connectivity index (χ0v) is 18.3. The molecule has 0 aliphatic carbocycles. The standard InChI is InChI=1S/C21H24F3N5OS/c1-14-16(15(2)30-27-14)13-31-20-26-25-19(12-28-10-6-3-7-11-28)29(20)18-9-5-4-8-17(18)21(22,23)24/h4-5,8-9H,3,6-7,10-13H2,1-2H3. The second kappa shape index (κ2) is 9.04. The first-order chi connectivity index (χ1) is 14.8. The number of hydrogen-bond donors (Lipinski definition) is 0. The number of piperidine rings is 1. The number of thioether (sulfide) groups is 1. The number of aryl methyl sites for hydroxylation is 2. The molecule has 0 spiro atoms. The number of alkyl halides is 3. The molecule has 0 unspecified atom stereocenters. The van der Waals surface area contributed by atoms with Crippen molar-refractivity contribution < 1.29 is 17.7 Å². The minimum Gasteiger partial charge on any atom is -0.361 e. The lowest BCUT2D eigenvalue weighted by Gasteiger charge is -2.26. The summed E-state index contributed by atoms with van der Waals surface area (Å²) in [5.74, 6) is 1.69. The molecule has 1 saturated heterocycles. The molecule has 3 heterocycles. The highest BCUT2D eigenvalue weighted by molar-refractivity contribution is 7.98. The molecule has 0 N–H and O–H groups in total. The Balaban J connectivity index is 1.72. The highest BCUT2D eigenvalue weighted by Gasteiger charge is 2.35. The van der Waals surface area contributed by atoms with Crippen LogP contribution in [-0.2, 0) is 18.5 Å². The van der Waals surface area contributed by atoms with Gasteiger partial charge in [0.1, 0.15) is 5.76 Å². The predicted octanol–water partition coefficient (Wildman–Crippen LogP) is 5.17. The van der Waals surface area contributed by atoms with Gasteiger partial charge in [0, 0.05) is 11.3 Å². The van der Waals surface area contributed by atoms with Crippen LogP contribution in [0.1, 0.15) is 47.7 Å². The summed E-state index contributed by atoms with van der Waals surface area (Å²) >= 11 is 1.33. The van der Waals surface area contributed by atoms with Gasteiger partial charge in [0.25, 0.3) is 0 Å². The number of para-hydroxylation sites is 1. The van der Waals surface area contributed by atoms with Crippen molar-refractivity contribution in [1.82, 2.24) is 24.8 Å². The lowest BCUT2D eigenvalue weighted by molar-refractivity contribution is -0.137. The Morgan fingerprint density at radius 3 is 2.48 bits per heavy atom. The van der Waals surface area contributed by atoms with E-state index in [0.29, 0.717) is 29.0 Å². The molecule has 31 heavy (non-hydrogen) atoms. The molecule has 0 bridgehead atoms. The Kier molecular flexibility index (Phi) is 6.38. The number of benzene rings is 1. The van der Waals surface area contributed by atoms with Crippen molar-refractivity contribution in [2.75, 3.05) is 13.1 Å². The molecule has 0 radical (unpaired) electrons. The van der Waals surface area contributed by atoms with Gasteiger partial charge < -0.3 is 4.52 Å². The maximum Gasteiger partial charge on any atom is 0.418 e. The van der Waals surface area contributed by atoms with Crippen LogP contribution in [0.3, 0.4) is 0 Å². The van der Waals surface area contributed by atoms with Crippen LogP contribution in [0.25, 0.3) is 5.69 Å². The fraction of sp³-hybridized carbons (Fsp3) is 0.476. The third-order valence-electron chi connectivity index (χ3n) is 5.49. The highest BCUT2D eigenvalue weighted by atomic mass is 32.2. The summed E-state index contributed by atoms with van der Waals surface area (Å²) in [4.78, 5) is 2.23. The minimum atomic E-state index is -4.48. The first-order valence-corrected chi connectivity index (χ1v) is 11.2. The molecule has 1 aliphatic heterocycles. The molecule has 166 valence electrons. The van der Waals surface area contributed by atoms with E-state index in [1.807, 2.05) is 13.8 Å². The SMILES string of the molecule is Cc1noc(C)c1CSc1nnc(CN2CCCCC2)n1-c1ccccc1C(F)(F)F. The maximum absolute atomic E-state index is 13.8. The monoisotopic (exact) mass is 451 g/mol. The van der Waals surface area contributed by atoms with Gasteiger partial charge in [-0.15, -0.1) is 10.2 Å². The summed E-state index contributed by atoms with van der Waals surface area (Å²) in [5.41, 5.74) is 1.03. The summed E-state index contributed by atoms with van der Waals surface area (Å²) in [7, 11) is 0. The number of nitrogens with zero attached hydrogens (tertiary/aromatic N) is 5. The number of halogens is 3. The zero-order valence-electron chi connectivity index (χ0n) is 17.4. The topological polar surface area (TPSA) is 60.0 Å². The van der Waals surface area contributed by atoms with Crippen molar-refractivity contribution in [1.29, 1.82) is 0 Å². The van der Waals surface area contributed by atoms with Crippen LogP contribution in [0.4, 0.5) is 13.2 Å². The van der Waals surface area contributed by atoms with Gasteiger partial charge in [-0.05, 0) is 51.9 Å². The fourth-order valence-corrected chi connectivity index (χ4v) is 4.93. The van der Waals surface area contributed by atoms with Crippen LogP contribution in [0, 0.1) is 13.8 Å². The summed E-state index contributed by atoms with van der Waals surface area (Å²) < 4.78 is 48.1. The van der Waals surface area contributed by atoms with Gasteiger partial charge in [0.2, 0.25) is 0 Å². The molecule has 6 nitrogen and oxygen atoms in total. The molecular weight excluding hydrogens is 427 g/mol. The third-order valence-corrected chi connectivity index (χ3v) is 6.45. The minimum absolute atomic E-state index is 0.0493. The normalized spacial score (nSPS) is 15.5. The van der Waals surface area contributed by atoms with E-state index in [4.69, 9.17) is 4.52 Å². The van der Waals surface area contributed by atoms with E-state index in [1.165, 1.54) is 30.3 Å². The van der Waals surface area contributed by atoms with Gasteiger partial charge in [0.15, 0.2) is 11.0 Å². The van der Waals surface area contributed by atoms with Crippen molar-refractivity contribution in [2.45, 2.75) is 56.7 Å². The lowest BCUT2D eigenvalue weighted by Crippen LogP contribution is -2.30. The van der Waals surface area contributed by atoms with Gasteiger partial charge in [-0.25, -0.2) is 0 Å². The number of rotatable bonds is 6. The van der Waals surface area contributed by atoms with Crippen LogP contribution in [-0.4, -0.2) is 37.9 Å². The molecule has 0 saturated carbocycles. The van der Waals surface area contributed by atoms with E-state index in [2.05, 4.69) is 20.3 Å². The number of hydrogen-bond acceptors (Lipinski definition) is 6. The fourth-order valence-electron chi connectivity index (χ4n) is 3.81. The molecule has 3 aromatic rings. The van der Waals surface area contributed by atoms with Gasteiger partial charge in [0.05, 0.1) is 23.5 Å². The van der Waals surface area contributed by atoms with E-state index in [1.54, 1.807) is 10.6 Å². The zero-order chi connectivity index (χ0) is 22.0. The van der Waals surface area contributed by atoms with Crippen molar-refractivity contribution >= 4 is 11.8 Å². The van der Waals surface area contributed by atoms with Gasteiger partial charge in [-0.3, -0.25) is 9.47 Å². The van der Waals surface area contributed by atoms with Crippen LogP contribution < -0.4 is 0 Å². The van der Waals surface area contributed by atoms with Crippen LogP contribution >= 0.6 is 11.8 Å². The average Bonchev–Trinajstić information content (AvgIpc) is 3.29. The van der Waals surface area contributed by atoms with Crippen molar-refractivity contribution in [2.24, 2.45) is 0 Å². The Morgan fingerprint density at radius 2 is 1.81 bits per heavy atom. The number of aromatic nitrogens is 4. The Hall–Kier alpha value is -2.33. The molecule has 1 fully saturated rings. The first kappa shape index (κ1) is 21.9. The summed E-state index contributed by atoms with van der Waals surface area (Å²) in [5, 5.41) is 12.9. The van der Waals surface area contributed by atoms with E-state index in [0.717, 1.165) is 43.3 Å². The summed E-state index contributed by atoms with van der Waals surface area (Å²) in [6.07, 6.45) is -1.13. The van der Waals surface area contributed by atoms with E-state index >= 15 is 0 Å². The maximum atomic E-state index is 13.8. The van der Waals surface area contributed by atoms with Gasteiger partial charge in [-0.1, -0.05) is 35.5 Å². The van der Waals surface area contributed by atoms with E-state index in [9.17, 15) is 13.2 Å². The van der Waals surface area contributed by atoms with Gasteiger partial charge in [-0.2, -0.15) is 13.2 Å². The van der Waals surface area contributed by atoms with Gasteiger partial charge >= 0.3 is 6.18 Å². The molecule has 1 aliphatic rings. The van der Waals surface area contributed by atoms with Crippen molar-refractivity contribution in [3.05, 3.63) is 52.7 Å². The van der Waals surface area contributed by atoms with Crippen molar-refractivity contribution in [3.8, 4) is 5.69 Å². The lowest BCUT2D eigenvalue weighted by atomic mass is 10.1. The molecule has 0 atom stereocenters. The first-order valence-electron chi connectivity index (χ1n) is 10.2. The highest BCUT2D eigenvalue weighted by Crippen LogP contribution is 2.36. The van der Waals surface area contributed by atoms with Crippen LogP contribution in [0.5, 0.6) is 0 Å². The predicted molar refractivity (Wildman–Crippen MR) is 111 cm³/mol. The summed E-state index contributed by atoms with van der Waals surface area (Å²) in [6, 6.07) is 5.59. The average molecular weight is 452 g/mol. The third kappa shape index (κ3) is 4.79. The smallest absolute Gasteiger partial charge is 0.361 e. The molecule has 0 amide bonds. The molecule has 10 heteroatoms. The molecular formula is C21H24F3N5OS. The van der Waals surface area contributed by atoms with Crippen LogP contribution in [0.2, 0.25) is 0 Å².